The molecule has 0 radical (unpaired) electrons. The van der Waals surface area contributed by atoms with E-state index in [4.69, 9.17) is 27.8 Å². The monoisotopic (exact) mass is 980 g/mol. The standard InChI is InChI=1S/C22H21N3O4.C20H24N2O4.C7H8IN/c1-15(26)20(22(28)25-29)24-21(27)19-11-9-16(10-12-19)5-2-3-6-17-7-4-8-18(13-17)14-23;1-7-8-9-15-10-12-16(13-11-15)18(23)21-17(19(24)22-25-6)14(2)26-20(3,4)5;8-7-3-1-2-6(4-7)5-9/h4,7-13,15,20,26,29H,14,23H2,1H3,(H,24,27)(H,25,28);1,10-14,17H,2-6H3,(H,21,23)(H,22,24);1-4H,5,9H2/t15-,20+;14-,17+;/m11./s1. The number of hydrogen-bond acceptors (Lipinski definition) is 10. The van der Waals surface area contributed by atoms with Gasteiger partial charge in [-0.05, 0) is 165 Å². The molecular weight excluding hydrogens is 927 g/mol. The fraction of sp³-hybridized carbons (Fsp3) is 0.265. The molecule has 0 saturated carbocycles. The lowest BCUT2D eigenvalue weighted by atomic mass is 10.1. The molecule has 0 aromatic heterocycles. The molecule has 0 unspecified atom stereocenters. The molecule has 15 heteroatoms. The number of nitrogens with two attached hydrogens (primary N) is 2. The van der Waals surface area contributed by atoms with Crippen molar-refractivity contribution in [2.24, 2.45) is 11.5 Å². The Kier molecular flexibility index (Phi) is 23.7. The lowest BCUT2D eigenvalue weighted by molar-refractivity contribution is -0.140. The van der Waals surface area contributed by atoms with Gasteiger partial charge in [-0.3, -0.25) is 29.2 Å². The minimum Gasteiger partial charge on any atom is -0.391 e. The third-order valence-electron chi connectivity index (χ3n) is 8.28. The van der Waals surface area contributed by atoms with Crippen LogP contribution in [0.25, 0.3) is 0 Å². The molecule has 4 amide bonds. The summed E-state index contributed by atoms with van der Waals surface area (Å²) < 4.78 is 7.05. The van der Waals surface area contributed by atoms with Crippen molar-refractivity contribution in [1.29, 1.82) is 0 Å². The fourth-order valence-electron chi connectivity index (χ4n) is 5.27. The van der Waals surface area contributed by atoms with Crippen LogP contribution in [0.4, 0.5) is 0 Å². The van der Waals surface area contributed by atoms with E-state index in [0.29, 0.717) is 29.8 Å². The Morgan fingerprint density at radius 1 is 0.719 bits per heavy atom. The zero-order valence-electron chi connectivity index (χ0n) is 36.4. The molecule has 0 aliphatic carbocycles. The molecule has 0 saturated heterocycles. The Hall–Kier alpha value is -6.51. The van der Waals surface area contributed by atoms with E-state index in [1.807, 2.05) is 57.2 Å². The number of carbonyl (C=O) groups excluding carboxylic acids is 4. The Morgan fingerprint density at radius 2 is 1.20 bits per heavy atom. The van der Waals surface area contributed by atoms with Crippen LogP contribution < -0.4 is 33.1 Å². The average Bonchev–Trinajstić information content (AvgIpc) is 3.27. The summed E-state index contributed by atoms with van der Waals surface area (Å²) in [5.74, 6) is 16.4. The van der Waals surface area contributed by atoms with E-state index in [0.717, 1.165) is 11.1 Å². The molecule has 4 atom stereocenters. The summed E-state index contributed by atoms with van der Waals surface area (Å²) in [5.41, 5.74) is 19.2. The maximum absolute atomic E-state index is 12.5. The van der Waals surface area contributed by atoms with E-state index in [1.165, 1.54) is 40.8 Å². The lowest BCUT2D eigenvalue weighted by Gasteiger charge is -2.30. The SMILES string of the molecule is C#CC#Cc1ccc(C(=O)N[C@H](C(=O)NOC)[C@@H](C)OC(C)(C)C)cc1.C[C@@H](O)[C@H](NC(=O)c1ccc(C#CC#Cc2cccc(CN)c2)cc1)C(=O)NO.NCc1cccc(I)c1. The van der Waals surface area contributed by atoms with Crippen molar-refractivity contribution in [2.75, 3.05) is 7.11 Å². The maximum Gasteiger partial charge on any atom is 0.268 e. The molecule has 14 nitrogen and oxygen atoms in total. The molecular formula is C49H53IN6O8. The highest BCUT2D eigenvalue weighted by atomic mass is 127. The van der Waals surface area contributed by atoms with E-state index in [9.17, 15) is 24.3 Å². The van der Waals surface area contributed by atoms with Gasteiger partial charge in [-0.25, -0.2) is 11.0 Å². The van der Waals surface area contributed by atoms with Crippen LogP contribution in [0.15, 0.2) is 97.1 Å². The third-order valence-corrected chi connectivity index (χ3v) is 8.95. The number of aliphatic hydroxyl groups is 1. The number of aliphatic hydroxyl groups excluding tert-OH is 1. The van der Waals surface area contributed by atoms with Gasteiger partial charge in [-0.2, -0.15) is 0 Å². The van der Waals surface area contributed by atoms with Crippen LogP contribution >= 0.6 is 22.6 Å². The van der Waals surface area contributed by atoms with Gasteiger partial charge in [0.15, 0.2) is 0 Å². The number of hydrogen-bond donors (Lipinski definition) is 8. The first-order chi connectivity index (χ1) is 30.4. The van der Waals surface area contributed by atoms with E-state index < -0.39 is 53.5 Å². The maximum atomic E-state index is 12.5. The lowest BCUT2D eigenvalue weighted by Crippen LogP contribution is -2.54. The van der Waals surface area contributed by atoms with Gasteiger partial charge in [0.1, 0.15) is 12.1 Å². The number of halogens is 1. The Labute approximate surface area is 388 Å². The minimum atomic E-state index is -1.28. The van der Waals surface area contributed by atoms with E-state index in [2.05, 4.69) is 97.1 Å². The first kappa shape index (κ1) is 53.6. The van der Waals surface area contributed by atoms with Gasteiger partial charge in [-0.1, -0.05) is 42.0 Å². The number of benzene rings is 4. The molecule has 4 aromatic rings. The van der Waals surface area contributed by atoms with E-state index in [1.54, 1.807) is 43.3 Å². The number of amides is 4. The van der Waals surface area contributed by atoms with Gasteiger partial charge >= 0.3 is 0 Å². The molecule has 0 spiro atoms. The number of carbonyl (C=O) groups is 4. The summed E-state index contributed by atoms with van der Waals surface area (Å²) in [6.45, 7) is 9.72. The first-order valence-electron chi connectivity index (χ1n) is 19.6. The number of nitrogens with one attached hydrogen (secondary N) is 4. The number of hydroxylamine groups is 2. The summed E-state index contributed by atoms with van der Waals surface area (Å²) in [4.78, 5) is 53.1. The Bertz CT molecular complexity index is 2410. The van der Waals surface area contributed by atoms with Crippen molar-refractivity contribution in [2.45, 2.75) is 77.6 Å². The summed E-state index contributed by atoms with van der Waals surface area (Å²) in [7, 11) is 1.32. The first-order valence-corrected chi connectivity index (χ1v) is 20.7. The molecule has 4 aromatic carbocycles. The van der Waals surface area contributed by atoms with Crippen LogP contribution in [0.3, 0.4) is 0 Å². The predicted octanol–water partition coefficient (Wildman–Crippen LogP) is 3.93. The van der Waals surface area contributed by atoms with Crippen molar-refractivity contribution in [3.63, 3.8) is 0 Å². The fourth-order valence-corrected chi connectivity index (χ4v) is 5.88. The highest BCUT2D eigenvalue weighted by Crippen LogP contribution is 2.14. The van der Waals surface area contributed by atoms with Crippen LogP contribution in [0.2, 0.25) is 0 Å². The summed E-state index contributed by atoms with van der Waals surface area (Å²) in [6, 6.07) is 26.5. The molecule has 334 valence electrons. The molecule has 4 rings (SSSR count). The number of terminal acetylenes is 1. The van der Waals surface area contributed by atoms with E-state index in [-0.39, 0.29) is 5.56 Å². The quantitative estimate of drug-likeness (QED) is 0.0442. The molecule has 0 aliphatic heterocycles. The van der Waals surface area contributed by atoms with Gasteiger partial charge in [0.2, 0.25) is 0 Å². The largest absolute Gasteiger partial charge is 0.391 e. The molecule has 10 N–H and O–H groups in total. The zero-order valence-corrected chi connectivity index (χ0v) is 38.6. The second-order valence-corrected chi connectivity index (χ2v) is 15.8. The highest BCUT2D eigenvalue weighted by molar-refractivity contribution is 14.1. The molecule has 64 heavy (non-hydrogen) atoms. The van der Waals surface area contributed by atoms with Crippen molar-refractivity contribution >= 4 is 46.2 Å². The molecule has 0 fully saturated rings. The number of rotatable bonds is 12. The highest BCUT2D eigenvalue weighted by Gasteiger charge is 2.31. The van der Waals surface area contributed by atoms with Crippen molar-refractivity contribution in [3.05, 3.63) is 140 Å². The Balaban J connectivity index is 0.000000369. The van der Waals surface area contributed by atoms with Crippen LogP contribution in [0.5, 0.6) is 0 Å². The summed E-state index contributed by atoms with van der Waals surface area (Å²) in [6.07, 6.45) is 3.33. The third kappa shape index (κ3) is 20.1. The van der Waals surface area contributed by atoms with Crippen LogP contribution in [-0.2, 0) is 32.3 Å². The summed E-state index contributed by atoms with van der Waals surface area (Å²) in [5, 5.41) is 23.3. The van der Waals surface area contributed by atoms with Crippen LogP contribution in [0.1, 0.15) is 83.2 Å². The van der Waals surface area contributed by atoms with Gasteiger partial charge in [-0.15, -0.1) is 6.42 Å². The van der Waals surface area contributed by atoms with Crippen molar-refractivity contribution < 1.29 is 39.1 Å². The smallest absolute Gasteiger partial charge is 0.268 e. The second-order valence-electron chi connectivity index (χ2n) is 14.5. The van der Waals surface area contributed by atoms with Crippen LogP contribution in [0, 0.1) is 51.4 Å². The Morgan fingerprint density at radius 3 is 1.64 bits per heavy atom. The van der Waals surface area contributed by atoms with Gasteiger partial charge in [0, 0.05) is 44.5 Å². The van der Waals surface area contributed by atoms with Gasteiger partial charge < -0.3 is 31.9 Å². The minimum absolute atomic E-state index is 0.275. The second kappa shape index (κ2) is 28.2. The predicted molar refractivity (Wildman–Crippen MR) is 253 cm³/mol. The average molecular weight is 981 g/mol. The van der Waals surface area contributed by atoms with Crippen LogP contribution in [-0.4, -0.2) is 70.9 Å². The molecule has 0 aliphatic rings. The van der Waals surface area contributed by atoms with Gasteiger partial charge in [0.25, 0.3) is 23.6 Å². The normalized spacial score (nSPS) is 11.8. The topological polar surface area (TPSA) is 227 Å². The van der Waals surface area contributed by atoms with Gasteiger partial charge in [0.05, 0.1) is 24.9 Å². The van der Waals surface area contributed by atoms with E-state index >= 15 is 0 Å². The van der Waals surface area contributed by atoms with Crippen molar-refractivity contribution in [3.8, 4) is 47.9 Å². The summed E-state index contributed by atoms with van der Waals surface area (Å²) >= 11 is 2.27. The molecule has 0 heterocycles. The molecule has 0 bridgehead atoms. The zero-order chi connectivity index (χ0) is 47.7. The van der Waals surface area contributed by atoms with Crippen molar-refractivity contribution in [1.82, 2.24) is 21.6 Å². The number of ether oxygens (including phenoxy) is 1.